The molecular formula is C24H23N3O3S. The van der Waals surface area contributed by atoms with Gasteiger partial charge in [-0.05, 0) is 55.5 Å². The molecule has 7 heteroatoms. The number of anilines is 2. The Balaban J connectivity index is 1.25. The molecule has 0 bridgehead atoms. The lowest BCUT2D eigenvalue weighted by atomic mass is 9.98. The molecule has 1 aliphatic heterocycles. The van der Waals surface area contributed by atoms with Crippen molar-refractivity contribution in [3.63, 3.8) is 0 Å². The number of benzene rings is 2. The second-order valence-corrected chi connectivity index (χ2v) is 8.76. The Morgan fingerprint density at radius 1 is 1.16 bits per heavy atom. The minimum absolute atomic E-state index is 0.0668. The van der Waals surface area contributed by atoms with E-state index >= 15 is 0 Å². The fourth-order valence-corrected chi connectivity index (χ4v) is 4.56. The van der Waals surface area contributed by atoms with Crippen molar-refractivity contribution >= 4 is 34.0 Å². The molecule has 5 rings (SSSR count). The van der Waals surface area contributed by atoms with Crippen LogP contribution in [0.2, 0.25) is 0 Å². The van der Waals surface area contributed by atoms with Crippen LogP contribution in [0.15, 0.2) is 53.9 Å². The van der Waals surface area contributed by atoms with E-state index in [1.165, 1.54) is 16.9 Å². The van der Waals surface area contributed by atoms with E-state index in [1.54, 1.807) is 0 Å². The number of hydrogen-bond donors (Lipinski definition) is 1. The summed E-state index contributed by atoms with van der Waals surface area (Å²) < 4.78 is 5.48. The van der Waals surface area contributed by atoms with Crippen LogP contribution in [0.5, 0.6) is 5.75 Å². The molecule has 0 unspecified atom stereocenters. The van der Waals surface area contributed by atoms with E-state index in [4.69, 9.17) is 4.74 Å². The molecule has 31 heavy (non-hydrogen) atoms. The van der Waals surface area contributed by atoms with Crippen LogP contribution in [0.1, 0.15) is 24.8 Å². The van der Waals surface area contributed by atoms with Crippen LogP contribution in [0.3, 0.4) is 0 Å². The van der Waals surface area contributed by atoms with Crippen LogP contribution in [0, 0.1) is 5.92 Å². The van der Waals surface area contributed by atoms with Gasteiger partial charge in [0.2, 0.25) is 5.91 Å². The number of aryl methyl sites for hydroxylation is 1. The molecule has 0 atom stereocenters. The first-order valence-electron chi connectivity index (χ1n) is 10.6. The third-order valence-corrected chi connectivity index (χ3v) is 6.31. The van der Waals surface area contributed by atoms with Gasteiger partial charge in [0.05, 0.1) is 5.69 Å². The van der Waals surface area contributed by atoms with E-state index in [-0.39, 0.29) is 24.3 Å². The third-order valence-electron chi connectivity index (χ3n) is 5.55. The first kappa shape index (κ1) is 19.8. The van der Waals surface area contributed by atoms with E-state index in [0.717, 1.165) is 49.2 Å². The molecule has 1 N–H and O–H groups in total. The van der Waals surface area contributed by atoms with E-state index in [0.29, 0.717) is 10.9 Å². The van der Waals surface area contributed by atoms with Crippen LogP contribution < -0.4 is 15.0 Å². The number of aromatic nitrogens is 1. The number of thiazole rings is 1. The van der Waals surface area contributed by atoms with Crippen molar-refractivity contribution in [3.05, 3.63) is 59.5 Å². The number of para-hydroxylation sites is 1. The molecule has 2 heterocycles. The number of ether oxygens (including phenoxy) is 1. The second-order valence-electron chi connectivity index (χ2n) is 7.90. The fraction of sp³-hybridized carbons (Fsp3) is 0.292. The summed E-state index contributed by atoms with van der Waals surface area (Å²) in [6.45, 7) is 0.738. The number of amides is 2. The minimum atomic E-state index is -0.246. The summed E-state index contributed by atoms with van der Waals surface area (Å²) in [6.07, 6.45) is 3.98. The Morgan fingerprint density at radius 2 is 2.00 bits per heavy atom. The van der Waals surface area contributed by atoms with Gasteiger partial charge in [-0.3, -0.25) is 14.9 Å². The minimum Gasteiger partial charge on any atom is -0.484 e. The summed E-state index contributed by atoms with van der Waals surface area (Å²) in [5, 5.41) is 5.27. The summed E-state index contributed by atoms with van der Waals surface area (Å²) in [7, 11) is 0. The van der Waals surface area contributed by atoms with Gasteiger partial charge in [0.25, 0.3) is 5.91 Å². The molecule has 6 nitrogen and oxygen atoms in total. The zero-order valence-electron chi connectivity index (χ0n) is 17.0. The monoisotopic (exact) mass is 433 g/mol. The van der Waals surface area contributed by atoms with Gasteiger partial charge in [-0.15, -0.1) is 11.3 Å². The standard InChI is InChI=1S/C24H23N3O3S/c28-22(14-30-19-6-2-1-3-7-19)26-24-25-20(15-31-24)17-10-11-21-18(13-17)5-4-12-27(21)23(29)16-8-9-16/h1-3,6-7,10-11,13,15-16H,4-5,8-9,12,14H2,(H,25,26,28). The SMILES string of the molecule is O=C(COc1ccccc1)Nc1nc(-c2ccc3c(c2)CCCN3C(=O)C2CC2)cs1. The van der Waals surface area contributed by atoms with Gasteiger partial charge < -0.3 is 9.64 Å². The van der Waals surface area contributed by atoms with Crippen molar-refractivity contribution in [1.82, 2.24) is 4.98 Å². The van der Waals surface area contributed by atoms with Gasteiger partial charge in [-0.1, -0.05) is 24.3 Å². The van der Waals surface area contributed by atoms with Crippen molar-refractivity contribution in [3.8, 4) is 17.0 Å². The van der Waals surface area contributed by atoms with Gasteiger partial charge in [-0.2, -0.15) is 0 Å². The maximum Gasteiger partial charge on any atom is 0.264 e. The first-order valence-corrected chi connectivity index (χ1v) is 11.4. The van der Waals surface area contributed by atoms with Gasteiger partial charge >= 0.3 is 0 Å². The molecule has 2 aliphatic rings. The van der Waals surface area contributed by atoms with Crippen molar-refractivity contribution in [1.29, 1.82) is 0 Å². The molecule has 1 aromatic heterocycles. The maximum atomic E-state index is 12.6. The van der Waals surface area contributed by atoms with Crippen molar-refractivity contribution in [2.45, 2.75) is 25.7 Å². The predicted octanol–water partition coefficient (Wildman–Crippen LogP) is 4.52. The quantitative estimate of drug-likeness (QED) is 0.621. The normalized spacial score (nSPS) is 15.3. The van der Waals surface area contributed by atoms with Gasteiger partial charge in [0.1, 0.15) is 5.75 Å². The van der Waals surface area contributed by atoms with Crippen LogP contribution in [-0.2, 0) is 16.0 Å². The number of carbonyl (C=O) groups is 2. The maximum absolute atomic E-state index is 12.6. The molecule has 158 valence electrons. The third kappa shape index (κ3) is 4.46. The van der Waals surface area contributed by atoms with Gasteiger partial charge in [-0.25, -0.2) is 4.98 Å². The summed E-state index contributed by atoms with van der Waals surface area (Å²) in [4.78, 5) is 31.3. The van der Waals surface area contributed by atoms with Crippen LogP contribution >= 0.6 is 11.3 Å². The van der Waals surface area contributed by atoms with Crippen molar-refractivity contribution in [2.24, 2.45) is 5.92 Å². The highest BCUT2D eigenvalue weighted by Gasteiger charge is 2.35. The number of nitrogens with zero attached hydrogens (tertiary/aromatic N) is 2. The average molecular weight is 434 g/mol. The Labute approximate surface area is 184 Å². The topological polar surface area (TPSA) is 71.5 Å². The first-order chi connectivity index (χ1) is 15.2. The largest absolute Gasteiger partial charge is 0.484 e. The summed E-state index contributed by atoms with van der Waals surface area (Å²) in [5.41, 5.74) is 4.04. The Kier molecular flexibility index (Phi) is 5.42. The molecule has 0 saturated heterocycles. The van der Waals surface area contributed by atoms with Crippen molar-refractivity contribution in [2.75, 3.05) is 23.4 Å². The lowest BCUT2D eigenvalue weighted by Crippen LogP contribution is -2.36. The fourth-order valence-electron chi connectivity index (χ4n) is 3.82. The highest BCUT2D eigenvalue weighted by molar-refractivity contribution is 7.14. The number of hydrogen-bond acceptors (Lipinski definition) is 5. The second kappa shape index (κ2) is 8.51. The zero-order chi connectivity index (χ0) is 21.2. The van der Waals surface area contributed by atoms with E-state index in [1.807, 2.05) is 52.7 Å². The molecule has 3 aromatic rings. The Hall–Kier alpha value is -3.19. The molecule has 1 aliphatic carbocycles. The van der Waals surface area contributed by atoms with Gasteiger partial charge in [0.15, 0.2) is 11.7 Å². The number of nitrogens with one attached hydrogen (secondary N) is 1. The van der Waals surface area contributed by atoms with E-state index in [9.17, 15) is 9.59 Å². The van der Waals surface area contributed by atoms with Crippen LogP contribution in [0.25, 0.3) is 11.3 Å². The average Bonchev–Trinajstić information content (AvgIpc) is 3.56. The lowest BCUT2D eigenvalue weighted by Gasteiger charge is -2.30. The smallest absolute Gasteiger partial charge is 0.264 e. The highest BCUT2D eigenvalue weighted by Crippen LogP contribution is 2.37. The Bertz CT molecular complexity index is 1110. The van der Waals surface area contributed by atoms with E-state index < -0.39 is 0 Å². The van der Waals surface area contributed by atoms with Gasteiger partial charge in [0, 0.05) is 29.1 Å². The summed E-state index contributed by atoms with van der Waals surface area (Å²) >= 11 is 1.39. The van der Waals surface area contributed by atoms with Crippen molar-refractivity contribution < 1.29 is 14.3 Å². The molecular weight excluding hydrogens is 410 g/mol. The van der Waals surface area contributed by atoms with Crippen LogP contribution in [0.4, 0.5) is 10.8 Å². The number of rotatable bonds is 6. The molecule has 2 aromatic carbocycles. The number of fused-ring (bicyclic) bond motifs is 1. The predicted molar refractivity (Wildman–Crippen MR) is 122 cm³/mol. The highest BCUT2D eigenvalue weighted by atomic mass is 32.1. The molecule has 2 amide bonds. The molecule has 0 radical (unpaired) electrons. The zero-order valence-corrected chi connectivity index (χ0v) is 17.9. The molecule has 1 fully saturated rings. The lowest BCUT2D eigenvalue weighted by molar-refractivity contribution is -0.120. The summed E-state index contributed by atoms with van der Waals surface area (Å²) in [5.74, 6) is 0.899. The number of carbonyl (C=O) groups excluding carboxylic acids is 2. The molecule has 0 spiro atoms. The summed E-state index contributed by atoms with van der Waals surface area (Å²) in [6, 6.07) is 15.4. The Morgan fingerprint density at radius 3 is 2.81 bits per heavy atom. The van der Waals surface area contributed by atoms with Crippen LogP contribution in [-0.4, -0.2) is 29.9 Å². The molecule has 1 saturated carbocycles. The van der Waals surface area contributed by atoms with E-state index in [2.05, 4.69) is 16.4 Å².